The number of methoxy groups -OCH3 is 1. The summed E-state index contributed by atoms with van der Waals surface area (Å²) in [5.74, 6) is 0.262. The summed E-state index contributed by atoms with van der Waals surface area (Å²) in [6, 6.07) is 19.7. The van der Waals surface area contributed by atoms with Crippen molar-refractivity contribution in [2.45, 2.75) is 4.90 Å². The van der Waals surface area contributed by atoms with Crippen LogP contribution in [0.15, 0.2) is 82.2 Å². The Labute approximate surface area is 166 Å². The van der Waals surface area contributed by atoms with Crippen molar-refractivity contribution in [1.29, 1.82) is 0 Å². The van der Waals surface area contributed by atoms with Crippen LogP contribution in [-0.2, 0) is 10.0 Å². The number of carbonyl (C=O) groups excluding carboxylic acids is 1. The topological polar surface area (TPSA) is 72.5 Å². The molecule has 138 valence electrons. The van der Waals surface area contributed by atoms with Crippen LogP contribution in [0, 0.1) is 0 Å². The highest BCUT2D eigenvalue weighted by Crippen LogP contribution is 2.29. The van der Waals surface area contributed by atoms with Gasteiger partial charge in [-0.1, -0.05) is 42.5 Å². The first-order valence-electron chi connectivity index (χ1n) is 7.97. The first-order valence-corrected chi connectivity index (χ1v) is 10.2. The molecule has 5 nitrogen and oxygen atoms in total. The highest BCUT2D eigenvalue weighted by molar-refractivity contribution is 9.10. The van der Waals surface area contributed by atoms with Gasteiger partial charge in [-0.05, 0) is 46.3 Å². The minimum Gasteiger partial charge on any atom is -0.496 e. The van der Waals surface area contributed by atoms with Crippen molar-refractivity contribution >= 4 is 37.4 Å². The lowest BCUT2D eigenvalue weighted by Crippen LogP contribution is -2.16. The number of hydrogen-bond acceptors (Lipinski definition) is 4. The molecule has 7 heteroatoms. The fourth-order valence-corrected chi connectivity index (χ4v) is 4.33. The van der Waals surface area contributed by atoms with E-state index in [1.807, 2.05) is 6.07 Å². The van der Waals surface area contributed by atoms with Crippen molar-refractivity contribution in [1.82, 2.24) is 0 Å². The number of nitrogens with one attached hydrogen (secondary N) is 1. The smallest absolute Gasteiger partial charge is 0.261 e. The number of halogens is 1. The molecule has 0 heterocycles. The van der Waals surface area contributed by atoms with Crippen LogP contribution in [-0.4, -0.2) is 21.3 Å². The van der Waals surface area contributed by atoms with Crippen molar-refractivity contribution in [3.8, 4) is 5.75 Å². The van der Waals surface area contributed by atoms with Gasteiger partial charge in [-0.15, -0.1) is 0 Å². The SMILES string of the molecule is COc1ccc(S(=O)(=O)Nc2ccccc2C(=O)c2ccccc2)cc1Br. The Morgan fingerprint density at radius 1 is 0.963 bits per heavy atom. The van der Waals surface area contributed by atoms with Gasteiger partial charge in [-0.25, -0.2) is 8.42 Å². The zero-order valence-corrected chi connectivity index (χ0v) is 16.7. The third kappa shape index (κ3) is 4.20. The molecule has 0 amide bonds. The molecule has 3 aromatic rings. The number of carbonyl (C=O) groups is 1. The van der Waals surface area contributed by atoms with Crippen LogP contribution < -0.4 is 9.46 Å². The van der Waals surface area contributed by atoms with E-state index in [1.54, 1.807) is 54.6 Å². The monoisotopic (exact) mass is 445 g/mol. The Bertz CT molecular complexity index is 1080. The normalized spacial score (nSPS) is 11.0. The van der Waals surface area contributed by atoms with Crippen LogP contribution >= 0.6 is 15.9 Å². The highest BCUT2D eigenvalue weighted by atomic mass is 79.9. The van der Waals surface area contributed by atoms with Gasteiger partial charge in [-0.3, -0.25) is 9.52 Å². The van der Waals surface area contributed by atoms with E-state index in [9.17, 15) is 13.2 Å². The van der Waals surface area contributed by atoms with Crippen LogP contribution in [0.4, 0.5) is 5.69 Å². The van der Waals surface area contributed by atoms with Crippen molar-refractivity contribution < 1.29 is 17.9 Å². The summed E-state index contributed by atoms with van der Waals surface area (Å²) in [5, 5.41) is 0. The summed E-state index contributed by atoms with van der Waals surface area (Å²) in [4.78, 5) is 12.8. The average Bonchev–Trinajstić information content (AvgIpc) is 2.68. The summed E-state index contributed by atoms with van der Waals surface area (Å²) in [5.41, 5.74) is 0.981. The minimum absolute atomic E-state index is 0.0529. The van der Waals surface area contributed by atoms with E-state index in [-0.39, 0.29) is 21.9 Å². The third-order valence-corrected chi connectivity index (χ3v) is 5.87. The summed E-state index contributed by atoms with van der Waals surface area (Å²) in [6.45, 7) is 0. The number of ketones is 1. The van der Waals surface area contributed by atoms with Crippen molar-refractivity contribution in [3.63, 3.8) is 0 Å². The number of anilines is 1. The van der Waals surface area contributed by atoms with Gasteiger partial charge in [0.2, 0.25) is 0 Å². The predicted molar refractivity (Wildman–Crippen MR) is 108 cm³/mol. The van der Waals surface area contributed by atoms with Crippen molar-refractivity contribution in [2.24, 2.45) is 0 Å². The van der Waals surface area contributed by atoms with Gasteiger partial charge >= 0.3 is 0 Å². The molecule has 0 aliphatic heterocycles. The fraction of sp³-hybridized carbons (Fsp3) is 0.0500. The molecule has 0 atom stereocenters. The molecule has 0 unspecified atom stereocenters. The molecule has 0 spiro atoms. The number of hydrogen-bond donors (Lipinski definition) is 1. The quantitative estimate of drug-likeness (QED) is 0.567. The molecule has 3 rings (SSSR count). The van der Waals surface area contributed by atoms with E-state index in [0.29, 0.717) is 15.8 Å². The van der Waals surface area contributed by atoms with E-state index in [2.05, 4.69) is 20.7 Å². The molecule has 0 bridgehead atoms. The van der Waals surface area contributed by atoms with Gasteiger partial charge in [0.25, 0.3) is 10.0 Å². The lowest BCUT2D eigenvalue weighted by molar-refractivity contribution is 0.103. The summed E-state index contributed by atoms with van der Waals surface area (Å²) in [6.07, 6.45) is 0. The molecular formula is C20H16BrNO4S. The number of benzene rings is 3. The molecule has 0 aliphatic carbocycles. The minimum atomic E-state index is -3.89. The van der Waals surface area contributed by atoms with E-state index in [4.69, 9.17) is 4.74 Å². The molecule has 0 fully saturated rings. The van der Waals surface area contributed by atoms with Crippen molar-refractivity contribution in [3.05, 3.63) is 88.4 Å². The van der Waals surface area contributed by atoms with Gasteiger partial charge < -0.3 is 4.74 Å². The number of rotatable bonds is 6. The standard InChI is InChI=1S/C20H16BrNO4S/c1-26-19-12-11-15(13-17(19)21)27(24,25)22-18-10-6-5-9-16(18)20(23)14-7-3-2-4-8-14/h2-13,22H,1H3. The second-order valence-corrected chi connectivity index (χ2v) is 8.18. The maximum atomic E-state index is 12.8. The van der Waals surface area contributed by atoms with Crippen LogP contribution in [0.3, 0.4) is 0 Å². The Morgan fingerprint density at radius 2 is 1.63 bits per heavy atom. The van der Waals surface area contributed by atoms with E-state index >= 15 is 0 Å². The van der Waals surface area contributed by atoms with E-state index < -0.39 is 10.0 Å². The van der Waals surface area contributed by atoms with Gasteiger partial charge in [0.1, 0.15) is 5.75 Å². The van der Waals surface area contributed by atoms with Crippen LogP contribution in [0.25, 0.3) is 0 Å². The second-order valence-electron chi connectivity index (χ2n) is 5.64. The first kappa shape index (κ1) is 19.1. The van der Waals surface area contributed by atoms with E-state index in [1.165, 1.54) is 19.2 Å². The molecule has 0 radical (unpaired) electrons. The van der Waals surface area contributed by atoms with E-state index in [0.717, 1.165) is 0 Å². The Kier molecular flexibility index (Phi) is 5.62. The summed E-state index contributed by atoms with van der Waals surface area (Å²) >= 11 is 3.28. The summed E-state index contributed by atoms with van der Waals surface area (Å²) < 4.78 is 33.7. The van der Waals surface area contributed by atoms with Gasteiger partial charge in [0, 0.05) is 11.1 Å². The van der Waals surface area contributed by atoms with Gasteiger partial charge in [0.05, 0.1) is 22.2 Å². The van der Waals surface area contributed by atoms with Crippen LogP contribution in [0.1, 0.15) is 15.9 Å². The van der Waals surface area contributed by atoms with Crippen LogP contribution in [0.2, 0.25) is 0 Å². The highest BCUT2D eigenvalue weighted by Gasteiger charge is 2.20. The maximum absolute atomic E-state index is 12.8. The molecule has 0 aromatic heterocycles. The number of ether oxygens (including phenoxy) is 1. The summed E-state index contributed by atoms with van der Waals surface area (Å²) in [7, 11) is -2.39. The predicted octanol–water partition coefficient (Wildman–Crippen LogP) is 4.49. The molecule has 1 N–H and O–H groups in total. The second kappa shape index (κ2) is 7.94. The Hall–Kier alpha value is -2.64. The fourth-order valence-electron chi connectivity index (χ4n) is 2.53. The largest absolute Gasteiger partial charge is 0.496 e. The molecular weight excluding hydrogens is 430 g/mol. The molecule has 27 heavy (non-hydrogen) atoms. The molecule has 3 aromatic carbocycles. The third-order valence-electron chi connectivity index (χ3n) is 3.89. The average molecular weight is 446 g/mol. The van der Waals surface area contributed by atoms with Gasteiger partial charge in [0.15, 0.2) is 5.78 Å². The zero-order chi connectivity index (χ0) is 19.4. The molecule has 0 aliphatic rings. The molecule has 0 saturated carbocycles. The first-order chi connectivity index (χ1) is 12.9. The number of sulfonamides is 1. The Morgan fingerprint density at radius 3 is 2.30 bits per heavy atom. The lowest BCUT2D eigenvalue weighted by atomic mass is 10.0. The van der Waals surface area contributed by atoms with Gasteiger partial charge in [-0.2, -0.15) is 0 Å². The maximum Gasteiger partial charge on any atom is 0.261 e. The van der Waals surface area contributed by atoms with Crippen molar-refractivity contribution in [2.75, 3.05) is 11.8 Å². The molecule has 0 saturated heterocycles. The Balaban J connectivity index is 1.96. The zero-order valence-electron chi connectivity index (χ0n) is 14.3. The number of para-hydroxylation sites is 1. The van der Waals surface area contributed by atoms with Crippen LogP contribution in [0.5, 0.6) is 5.75 Å². The lowest BCUT2D eigenvalue weighted by Gasteiger charge is -2.13.